The van der Waals surface area contributed by atoms with E-state index >= 15 is 0 Å². The minimum atomic E-state index is 0.295. The molecule has 0 aromatic heterocycles. The summed E-state index contributed by atoms with van der Waals surface area (Å²) in [5.74, 6) is 0.295. The zero-order valence-electron chi connectivity index (χ0n) is 12.1. The molecule has 0 aliphatic rings. The maximum Gasteiger partial charge on any atom is 0.117 e. The topological polar surface area (TPSA) is 35.5 Å². The first-order chi connectivity index (χ1) is 9.70. The molecule has 0 bridgehead atoms. The number of phenolic OH excluding ortho intramolecular Hbond substituents is 1. The zero-order chi connectivity index (χ0) is 14.4. The molecule has 2 N–H and O–H groups in total. The van der Waals surface area contributed by atoms with Gasteiger partial charge in [-0.25, -0.2) is 0 Å². The summed E-state index contributed by atoms with van der Waals surface area (Å²) in [4.78, 5) is 2.21. The van der Waals surface area contributed by atoms with Crippen LogP contribution in [0.15, 0.2) is 48.5 Å². The van der Waals surface area contributed by atoms with Crippen LogP contribution in [0.1, 0.15) is 12.5 Å². The maximum absolute atomic E-state index is 9.68. The van der Waals surface area contributed by atoms with E-state index in [-0.39, 0.29) is 0 Å². The first-order valence-electron chi connectivity index (χ1n) is 7.04. The highest BCUT2D eigenvalue weighted by molar-refractivity contribution is 5.64. The van der Waals surface area contributed by atoms with Gasteiger partial charge in [0, 0.05) is 30.5 Å². The van der Waals surface area contributed by atoms with Gasteiger partial charge in [-0.2, -0.15) is 0 Å². The molecular weight excluding hydrogens is 248 g/mol. The standard InChI is InChI=1S/C17H22N2O/c1-3-18-11-12-19(15-9-7-14(2)8-10-15)16-5-4-6-17(20)13-16/h4-10,13,18,20H,3,11-12H2,1-2H3. The van der Waals surface area contributed by atoms with Crippen molar-refractivity contribution in [2.75, 3.05) is 24.5 Å². The normalized spacial score (nSPS) is 10.5. The highest BCUT2D eigenvalue weighted by Crippen LogP contribution is 2.27. The second-order valence-electron chi connectivity index (χ2n) is 4.86. The molecule has 0 aliphatic heterocycles. The molecule has 20 heavy (non-hydrogen) atoms. The molecule has 0 saturated heterocycles. The number of likely N-dealkylation sites (N-methyl/N-ethyl adjacent to an activating group) is 1. The van der Waals surface area contributed by atoms with E-state index in [4.69, 9.17) is 0 Å². The monoisotopic (exact) mass is 270 g/mol. The van der Waals surface area contributed by atoms with E-state index in [1.807, 2.05) is 12.1 Å². The number of nitrogens with one attached hydrogen (secondary N) is 1. The fraction of sp³-hybridized carbons (Fsp3) is 0.294. The lowest BCUT2D eigenvalue weighted by molar-refractivity contribution is 0.475. The van der Waals surface area contributed by atoms with Crippen LogP contribution in [0.3, 0.4) is 0 Å². The lowest BCUT2D eigenvalue weighted by Gasteiger charge is -2.25. The third kappa shape index (κ3) is 3.75. The van der Waals surface area contributed by atoms with E-state index < -0.39 is 0 Å². The van der Waals surface area contributed by atoms with Crippen LogP contribution < -0.4 is 10.2 Å². The third-order valence-electron chi connectivity index (χ3n) is 3.25. The maximum atomic E-state index is 9.68. The SMILES string of the molecule is CCNCCN(c1ccc(C)cc1)c1cccc(O)c1. The summed E-state index contributed by atoms with van der Waals surface area (Å²) in [6.07, 6.45) is 0. The Hall–Kier alpha value is -2.00. The van der Waals surface area contributed by atoms with Gasteiger partial charge in [0.15, 0.2) is 0 Å². The molecule has 2 aromatic carbocycles. The number of hydrogen-bond acceptors (Lipinski definition) is 3. The number of aryl methyl sites for hydroxylation is 1. The molecule has 2 aromatic rings. The van der Waals surface area contributed by atoms with Gasteiger partial charge in [-0.15, -0.1) is 0 Å². The number of anilines is 2. The second kappa shape index (κ2) is 6.96. The average molecular weight is 270 g/mol. The van der Waals surface area contributed by atoms with Gasteiger partial charge in [0.05, 0.1) is 0 Å². The first-order valence-corrected chi connectivity index (χ1v) is 7.04. The van der Waals surface area contributed by atoms with Gasteiger partial charge >= 0.3 is 0 Å². The average Bonchev–Trinajstić information content (AvgIpc) is 2.45. The molecule has 0 fully saturated rings. The van der Waals surface area contributed by atoms with Gasteiger partial charge in [0.1, 0.15) is 5.75 Å². The van der Waals surface area contributed by atoms with E-state index in [1.165, 1.54) is 5.56 Å². The van der Waals surface area contributed by atoms with Crippen LogP contribution in [0.2, 0.25) is 0 Å². The Bertz CT molecular complexity index is 537. The van der Waals surface area contributed by atoms with Gasteiger partial charge in [-0.3, -0.25) is 0 Å². The van der Waals surface area contributed by atoms with Crippen molar-refractivity contribution in [2.45, 2.75) is 13.8 Å². The molecule has 0 radical (unpaired) electrons. The number of aromatic hydroxyl groups is 1. The number of benzene rings is 2. The van der Waals surface area contributed by atoms with Crippen LogP contribution in [0.25, 0.3) is 0 Å². The summed E-state index contributed by atoms with van der Waals surface area (Å²) in [6.45, 7) is 6.91. The van der Waals surface area contributed by atoms with Gasteiger partial charge in [0.2, 0.25) is 0 Å². The highest BCUT2D eigenvalue weighted by atomic mass is 16.3. The molecule has 0 spiro atoms. The highest BCUT2D eigenvalue weighted by Gasteiger charge is 2.09. The summed E-state index contributed by atoms with van der Waals surface area (Å²) in [5.41, 5.74) is 3.39. The van der Waals surface area contributed by atoms with E-state index in [0.29, 0.717) is 5.75 Å². The molecule has 0 amide bonds. The van der Waals surface area contributed by atoms with Gasteiger partial charge in [-0.1, -0.05) is 30.7 Å². The minimum absolute atomic E-state index is 0.295. The van der Waals surface area contributed by atoms with Crippen LogP contribution in [-0.2, 0) is 0 Å². The summed E-state index contributed by atoms with van der Waals surface area (Å²) in [5, 5.41) is 13.0. The Morgan fingerprint density at radius 3 is 2.45 bits per heavy atom. The van der Waals surface area contributed by atoms with Gasteiger partial charge in [-0.05, 0) is 37.7 Å². The van der Waals surface area contributed by atoms with E-state index in [9.17, 15) is 5.11 Å². The van der Waals surface area contributed by atoms with Crippen molar-refractivity contribution in [3.8, 4) is 5.75 Å². The molecule has 0 heterocycles. The predicted octanol–water partition coefficient (Wildman–Crippen LogP) is 3.45. The Morgan fingerprint density at radius 1 is 1.05 bits per heavy atom. The van der Waals surface area contributed by atoms with Crippen molar-refractivity contribution < 1.29 is 5.11 Å². The summed E-state index contributed by atoms with van der Waals surface area (Å²) < 4.78 is 0. The van der Waals surface area contributed by atoms with Crippen LogP contribution in [0, 0.1) is 6.92 Å². The van der Waals surface area contributed by atoms with Crippen LogP contribution in [0.4, 0.5) is 11.4 Å². The smallest absolute Gasteiger partial charge is 0.117 e. The van der Waals surface area contributed by atoms with Crippen LogP contribution in [-0.4, -0.2) is 24.7 Å². The summed E-state index contributed by atoms with van der Waals surface area (Å²) >= 11 is 0. The van der Waals surface area contributed by atoms with Crippen molar-refractivity contribution in [1.82, 2.24) is 5.32 Å². The number of hydrogen-bond donors (Lipinski definition) is 2. The molecule has 3 heteroatoms. The minimum Gasteiger partial charge on any atom is -0.508 e. The van der Waals surface area contributed by atoms with Gasteiger partial charge in [0.25, 0.3) is 0 Å². The van der Waals surface area contributed by atoms with Gasteiger partial charge < -0.3 is 15.3 Å². The molecule has 3 nitrogen and oxygen atoms in total. The lowest BCUT2D eigenvalue weighted by atomic mass is 10.2. The number of nitrogens with zero attached hydrogens (tertiary/aromatic N) is 1. The number of rotatable bonds is 6. The lowest BCUT2D eigenvalue weighted by Crippen LogP contribution is -2.28. The fourth-order valence-corrected chi connectivity index (χ4v) is 2.16. The third-order valence-corrected chi connectivity index (χ3v) is 3.25. The van der Waals surface area contributed by atoms with E-state index in [0.717, 1.165) is 31.0 Å². The molecule has 0 aliphatic carbocycles. The Balaban J connectivity index is 2.26. The van der Waals surface area contributed by atoms with Crippen molar-refractivity contribution in [3.05, 3.63) is 54.1 Å². The van der Waals surface area contributed by atoms with Crippen molar-refractivity contribution in [2.24, 2.45) is 0 Å². The largest absolute Gasteiger partial charge is 0.508 e. The summed E-state index contributed by atoms with van der Waals surface area (Å²) in [7, 11) is 0. The molecule has 0 atom stereocenters. The van der Waals surface area contributed by atoms with Crippen molar-refractivity contribution in [1.29, 1.82) is 0 Å². The Kier molecular flexibility index (Phi) is 5.02. The summed E-state index contributed by atoms with van der Waals surface area (Å²) in [6, 6.07) is 15.8. The van der Waals surface area contributed by atoms with Crippen molar-refractivity contribution in [3.63, 3.8) is 0 Å². The molecule has 106 valence electrons. The molecule has 0 saturated carbocycles. The molecule has 2 rings (SSSR count). The quantitative estimate of drug-likeness (QED) is 0.789. The molecular formula is C17H22N2O. The Morgan fingerprint density at radius 2 is 1.80 bits per heavy atom. The second-order valence-corrected chi connectivity index (χ2v) is 4.86. The van der Waals surface area contributed by atoms with Crippen LogP contribution in [0.5, 0.6) is 5.75 Å². The van der Waals surface area contributed by atoms with E-state index in [2.05, 4.69) is 48.3 Å². The molecule has 0 unspecified atom stereocenters. The fourth-order valence-electron chi connectivity index (χ4n) is 2.16. The van der Waals surface area contributed by atoms with Crippen LogP contribution >= 0.6 is 0 Å². The Labute approximate surface area is 120 Å². The van der Waals surface area contributed by atoms with Crippen molar-refractivity contribution >= 4 is 11.4 Å². The zero-order valence-corrected chi connectivity index (χ0v) is 12.1. The first kappa shape index (κ1) is 14.4. The number of phenols is 1. The predicted molar refractivity (Wildman–Crippen MR) is 84.8 cm³/mol. The van der Waals surface area contributed by atoms with E-state index in [1.54, 1.807) is 12.1 Å².